The van der Waals surface area contributed by atoms with Gasteiger partial charge < -0.3 is 19.5 Å². The van der Waals surface area contributed by atoms with Gasteiger partial charge in [-0.2, -0.15) is 0 Å². The van der Waals surface area contributed by atoms with E-state index in [2.05, 4.69) is 30.2 Å². The van der Waals surface area contributed by atoms with Gasteiger partial charge in [-0.05, 0) is 93.1 Å². The van der Waals surface area contributed by atoms with Crippen LogP contribution < -0.4 is 9.47 Å². The summed E-state index contributed by atoms with van der Waals surface area (Å²) in [6.07, 6.45) is 8.93. The maximum absolute atomic E-state index is 9.38. The van der Waals surface area contributed by atoms with Crippen molar-refractivity contribution in [1.29, 1.82) is 0 Å². The number of ether oxygens (including phenoxy) is 2. The van der Waals surface area contributed by atoms with E-state index in [1.807, 2.05) is 12.1 Å². The summed E-state index contributed by atoms with van der Waals surface area (Å²) >= 11 is 0. The van der Waals surface area contributed by atoms with Crippen LogP contribution in [-0.4, -0.2) is 44.4 Å². The van der Waals surface area contributed by atoms with Gasteiger partial charge in [-0.1, -0.05) is 23.8 Å². The topological polar surface area (TPSA) is 41.9 Å². The van der Waals surface area contributed by atoms with Crippen molar-refractivity contribution in [3.05, 3.63) is 64.7 Å². The molecule has 0 aliphatic heterocycles. The summed E-state index contributed by atoms with van der Waals surface area (Å²) in [4.78, 5) is 2.40. The number of nitrogens with zero attached hydrogens (tertiary/aromatic N) is 1. The van der Waals surface area contributed by atoms with E-state index in [1.54, 1.807) is 31.9 Å². The number of likely N-dealkylation sites (N-methyl/N-ethyl adjacent to an activating group) is 1. The third-order valence-corrected chi connectivity index (χ3v) is 5.79. The Balaban J connectivity index is 1.45. The fourth-order valence-corrected chi connectivity index (χ4v) is 3.93. The molecule has 0 heterocycles. The second kappa shape index (κ2) is 10.4. The molecule has 0 aromatic heterocycles. The van der Waals surface area contributed by atoms with Crippen molar-refractivity contribution >= 4 is 0 Å². The molecule has 0 amide bonds. The van der Waals surface area contributed by atoms with Crippen LogP contribution in [0.1, 0.15) is 36.0 Å². The molecule has 0 atom stereocenters. The quantitative estimate of drug-likeness (QED) is 0.621. The lowest BCUT2D eigenvalue weighted by Crippen LogP contribution is -2.22. The van der Waals surface area contributed by atoms with Gasteiger partial charge in [0, 0.05) is 6.54 Å². The zero-order valence-electron chi connectivity index (χ0n) is 17.9. The predicted octanol–water partition coefficient (Wildman–Crippen LogP) is 4.78. The third kappa shape index (κ3) is 6.01. The van der Waals surface area contributed by atoms with Crippen molar-refractivity contribution in [2.75, 3.05) is 34.4 Å². The van der Waals surface area contributed by atoms with E-state index in [4.69, 9.17) is 9.47 Å². The van der Waals surface area contributed by atoms with E-state index in [9.17, 15) is 5.11 Å². The fraction of sp³-hybridized carbons (Fsp3) is 0.440. The van der Waals surface area contributed by atoms with Crippen LogP contribution in [0.4, 0.5) is 0 Å². The molecule has 0 fully saturated rings. The van der Waals surface area contributed by atoms with Crippen molar-refractivity contribution in [1.82, 2.24) is 4.90 Å². The highest BCUT2D eigenvalue weighted by atomic mass is 16.5. The lowest BCUT2D eigenvalue weighted by molar-refractivity contribution is 0.333. The summed E-state index contributed by atoms with van der Waals surface area (Å²) in [6, 6.07) is 11.8. The molecule has 2 aromatic rings. The highest BCUT2D eigenvalue weighted by Gasteiger charge is 2.14. The number of allylic oxidation sites excluding steroid dienone is 2. The Labute approximate surface area is 174 Å². The number of phenolic OH excluding ortho intramolecular Hbond substituents is 1. The van der Waals surface area contributed by atoms with Crippen molar-refractivity contribution in [3.8, 4) is 17.2 Å². The first-order valence-corrected chi connectivity index (χ1v) is 10.5. The largest absolute Gasteiger partial charge is 0.508 e. The molecule has 4 nitrogen and oxygen atoms in total. The number of fused-ring (bicyclic) bond motifs is 1. The van der Waals surface area contributed by atoms with Crippen LogP contribution in [0.15, 0.2) is 48.0 Å². The van der Waals surface area contributed by atoms with E-state index >= 15 is 0 Å². The molecule has 0 saturated heterocycles. The summed E-state index contributed by atoms with van der Waals surface area (Å²) in [5.74, 6) is 1.97. The highest BCUT2D eigenvalue weighted by molar-refractivity contribution is 5.49. The van der Waals surface area contributed by atoms with Gasteiger partial charge in [0.2, 0.25) is 0 Å². The minimum Gasteiger partial charge on any atom is -0.508 e. The second-order valence-electron chi connectivity index (χ2n) is 7.87. The van der Waals surface area contributed by atoms with E-state index in [0.717, 1.165) is 56.7 Å². The summed E-state index contributed by atoms with van der Waals surface area (Å²) in [5, 5.41) is 9.38. The summed E-state index contributed by atoms with van der Waals surface area (Å²) in [6.45, 7) is 2.14. The van der Waals surface area contributed by atoms with Gasteiger partial charge in [-0.25, -0.2) is 0 Å². The van der Waals surface area contributed by atoms with Crippen LogP contribution in [0.25, 0.3) is 0 Å². The lowest BCUT2D eigenvalue weighted by Gasteiger charge is -2.17. The second-order valence-corrected chi connectivity index (χ2v) is 7.87. The van der Waals surface area contributed by atoms with Crippen molar-refractivity contribution in [2.24, 2.45) is 0 Å². The van der Waals surface area contributed by atoms with Gasteiger partial charge in [-0.3, -0.25) is 0 Å². The Morgan fingerprint density at radius 2 is 1.59 bits per heavy atom. The first kappa shape index (κ1) is 21.3. The molecule has 156 valence electrons. The Kier molecular flexibility index (Phi) is 7.59. The molecule has 3 rings (SSSR count). The Morgan fingerprint density at radius 1 is 0.897 bits per heavy atom. The SMILES string of the molecule is COc1cc2c(cc1OC)CCC(CCCN(C)CCc1ccc(O)cc1)=CC2. The molecule has 0 spiro atoms. The Hall–Kier alpha value is -2.46. The van der Waals surface area contributed by atoms with Crippen LogP contribution in [-0.2, 0) is 19.3 Å². The lowest BCUT2D eigenvalue weighted by atomic mass is 10.0. The van der Waals surface area contributed by atoms with Gasteiger partial charge >= 0.3 is 0 Å². The first-order valence-electron chi connectivity index (χ1n) is 10.5. The van der Waals surface area contributed by atoms with Gasteiger partial charge in [0.1, 0.15) is 5.75 Å². The van der Waals surface area contributed by atoms with Crippen LogP contribution in [0.3, 0.4) is 0 Å². The van der Waals surface area contributed by atoms with Gasteiger partial charge in [0.25, 0.3) is 0 Å². The van der Waals surface area contributed by atoms with Crippen LogP contribution in [0.2, 0.25) is 0 Å². The molecule has 0 bridgehead atoms. The summed E-state index contributed by atoms with van der Waals surface area (Å²) in [7, 11) is 5.58. The highest BCUT2D eigenvalue weighted by Crippen LogP contribution is 2.33. The van der Waals surface area contributed by atoms with Crippen LogP contribution in [0, 0.1) is 0 Å². The van der Waals surface area contributed by atoms with Gasteiger partial charge in [-0.15, -0.1) is 0 Å². The van der Waals surface area contributed by atoms with Crippen molar-refractivity contribution in [3.63, 3.8) is 0 Å². The zero-order chi connectivity index (χ0) is 20.6. The molecule has 2 aromatic carbocycles. The maximum atomic E-state index is 9.38. The number of aryl methyl sites for hydroxylation is 1. The maximum Gasteiger partial charge on any atom is 0.161 e. The minimum atomic E-state index is 0.331. The Bertz CT molecular complexity index is 827. The molecule has 1 aliphatic carbocycles. The third-order valence-electron chi connectivity index (χ3n) is 5.79. The zero-order valence-corrected chi connectivity index (χ0v) is 17.9. The smallest absolute Gasteiger partial charge is 0.161 e. The van der Waals surface area contributed by atoms with Gasteiger partial charge in [0.15, 0.2) is 11.5 Å². The fourth-order valence-electron chi connectivity index (χ4n) is 3.93. The summed E-state index contributed by atoms with van der Waals surface area (Å²) < 4.78 is 10.9. The molecule has 1 aliphatic rings. The standard InChI is InChI=1S/C25H33NO3/c1-26(16-14-20-8-12-23(27)13-9-20)15-4-5-19-6-10-21-17-24(28-2)25(29-3)18-22(21)11-7-19/h6,8-9,12-13,17-18,27H,4-5,7,10-11,14-16H2,1-3H3. The first-order chi connectivity index (χ1) is 14.1. The molecule has 4 heteroatoms. The molecule has 29 heavy (non-hydrogen) atoms. The number of methoxy groups -OCH3 is 2. The Morgan fingerprint density at radius 3 is 2.28 bits per heavy atom. The predicted molar refractivity (Wildman–Crippen MR) is 118 cm³/mol. The number of hydrogen-bond acceptors (Lipinski definition) is 4. The average molecular weight is 396 g/mol. The number of phenols is 1. The minimum absolute atomic E-state index is 0.331. The molecular weight excluding hydrogens is 362 g/mol. The molecule has 0 radical (unpaired) electrons. The summed E-state index contributed by atoms with van der Waals surface area (Å²) in [5.41, 5.74) is 5.55. The number of aromatic hydroxyl groups is 1. The molecule has 0 unspecified atom stereocenters. The van der Waals surface area contributed by atoms with Crippen LogP contribution in [0.5, 0.6) is 17.2 Å². The van der Waals surface area contributed by atoms with E-state index < -0.39 is 0 Å². The normalized spacial score (nSPS) is 13.6. The van der Waals surface area contributed by atoms with E-state index in [-0.39, 0.29) is 0 Å². The number of benzene rings is 2. The van der Waals surface area contributed by atoms with E-state index in [0.29, 0.717) is 5.75 Å². The van der Waals surface area contributed by atoms with Crippen LogP contribution >= 0.6 is 0 Å². The molecular formula is C25H33NO3. The van der Waals surface area contributed by atoms with Gasteiger partial charge in [0.05, 0.1) is 14.2 Å². The van der Waals surface area contributed by atoms with Crippen molar-refractivity contribution < 1.29 is 14.6 Å². The monoisotopic (exact) mass is 395 g/mol. The number of hydrogen-bond donors (Lipinski definition) is 1. The molecule has 0 saturated carbocycles. The molecule has 1 N–H and O–H groups in total. The average Bonchev–Trinajstić information content (AvgIpc) is 2.94. The number of rotatable bonds is 9. The van der Waals surface area contributed by atoms with Crippen molar-refractivity contribution in [2.45, 2.75) is 38.5 Å². The van der Waals surface area contributed by atoms with E-state index in [1.165, 1.54) is 23.1 Å².